The van der Waals surface area contributed by atoms with Gasteiger partial charge in [-0.05, 0) is 36.8 Å². The minimum Gasteiger partial charge on any atom is -0.496 e. The predicted octanol–water partition coefficient (Wildman–Crippen LogP) is 4.08. The molecule has 0 atom stereocenters. The number of nitrogens with one attached hydrogen (secondary N) is 1. The van der Waals surface area contributed by atoms with E-state index in [0.29, 0.717) is 12.3 Å². The van der Waals surface area contributed by atoms with Gasteiger partial charge in [0.25, 0.3) is 0 Å². The van der Waals surface area contributed by atoms with Crippen LogP contribution in [0.3, 0.4) is 0 Å². The van der Waals surface area contributed by atoms with Crippen molar-refractivity contribution >= 4 is 23.0 Å². The third-order valence-corrected chi connectivity index (χ3v) is 3.74. The van der Waals surface area contributed by atoms with Gasteiger partial charge in [0, 0.05) is 23.6 Å². The maximum Gasteiger partial charge on any atom is 0.244 e. The number of amides is 1. The Morgan fingerprint density at radius 3 is 2.88 bits per heavy atom. The molecule has 2 aromatic carbocycles. The molecule has 1 aromatic heterocycles. The van der Waals surface area contributed by atoms with Crippen LogP contribution < -0.4 is 10.1 Å². The van der Waals surface area contributed by atoms with Crippen LogP contribution in [0.2, 0.25) is 0 Å². The molecule has 122 valence electrons. The van der Waals surface area contributed by atoms with Gasteiger partial charge in [-0.25, -0.2) is 0 Å². The van der Waals surface area contributed by atoms with Gasteiger partial charge in [0.05, 0.1) is 7.11 Å². The number of para-hydroxylation sites is 1. The lowest BCUT2D eigenvalue weighted by atomic mass is 10.2. The molecule has 1 N–H and O–H groups in total. The Morgan fingerprint density at radius 1 is 1.21 bits per heavy atom. The molecule has 0 spiro atoms. The zero-order valence-corrected chi connectivity index (χ0v) is 13.7. The van der Waals surface area contributed by atoms with E-state index >= 15 is 0 Å². The van der Waals surface area contributed by atoms with Crippen molar-refractivity contribution in [2.24, 2.45) is 0 Å². The van der Waals surface area contributed by atoms with E-state index in [1.54, 1.807) is 13.2 Å². The molecule has 0 aliphatic rings. The number of carbonyl (C=O) groups is 1. The van der Waals surface area contributed by atoms with Gasteiger partial charge in [-0.1, -0.05) is 30.3 Å². The summed E-state index contributed by atoms with van der Waals surface area (Å²) in [6.45, 7) is 2.43. The van der Waals surface area contributed by atoms with Crippen LogP contribution in [0.15, 0.2) is 59.0 Å². The van der Waals surface area contributed by atoms with E-state index in [1.807, 2.05) is 55.5 Å². The fourth-order valence-corrected chi connectivity index (χ4v) is 2.49. The van der Waals surface area contributed by atoms with Crippen molar-refractivity contribution in [1.29, 1.82) is 0 Å². The molecular weight excluding hydrogens is 302 g/mol. The van der Waals surface area contributed by atoms with Crippen LogP contribution in [0, 0.1) is 6.92 Å². The number of fused-ring (bicyclic) bond motifs is 1. The highest BCUT2D eigenvalue weighted by Gasteiger charge is 2.04. The molecule has 3 rings (SSSR count). The lowest BCUT2D eigenvalue weighted by Crippen LogP contribution is -2.20. The van der Waals surface area contributed by atoms with E-state index in [0.717, 1.165) is 27.8 Å². The second-order valence-electron chi connectivity index (χ2n) is 5.55. The average Bonchev–Trinajstić information content (AvgIpc) is 3.00. The molecule has 1 heterocycles. The Kier molecular flexibility index (Phi) is 4.66. The summed E-state index contributed by atoms with van der Waals surface area (Å²) >= 11 is 0. The molecular formula is C20H19NO3. The highest BCUT2D eigenvalue weighted by molar-refractivity contribution is 5.92. The van der Waals surface area contributed by atoms with Gasteiger partial charge in [0.1, 0.15) is 17.1 Å². The van der Waals surface area contributed by atoms with Crippen LogP contribution in [0.1, 0.15) is 16.9 Å². The van der Waals surface area contributed by atoms with Crippen molar-refractivity contribution in [3.63, 3.8) is 0 Å². The third kappa shape index (κ3) is 3.66. The minimum absolute atomic E-state index is 0.183. The minimum atomic E-state index is -0.183. The second-order valence-corrected chi connectivity index (χ2v) is 5.55. The molecule has 0 aliphatic heterocycles. The Morgan fingerprint density at radius 2 is 2.04 bits per heavy atom. The molecule has 0 radical (unpaired) electrons. The number of furan rings is 1. The Labute approximate surface area is 140 Å². The van der Waals surface area contributed by atoms with E-state index in [1.165, 1.54) is 6.08 Å². The van der Waals surface area contributed by atoms with Gasteiger partial charge in [-0.2, -0.15) is 0 Å². The van der Waals surface area contributed by atoms with Crippen molar-refractivity contribution in [1.82, 2.24) is 5.32 Å². The lowest BCUT2D eigenvalue weighted by molar-refractivity contribution is -0.116. The van der Waals surface area contributed by atoms with Gasteiger partial charge in [-0.3, -0.25) is 4.79 Å². The van der Waals surface area contributed by atoms with Crippen molar-refractivity contribution in [3.8, 4) is 5.75 Å². The average molecular weight is 321 g/mol. The number of aryl methyl sites for hydroxylation is 1. The molecule has 0 bridgehead atoms. The Bertz CT molecular complexity index is 893. The molecule has 4 nitrogen and oxygen atoms in total. The maximum atomic E-state index is 12.0. The predicted molar refractivity (Wildman–Crippen MR) is 94.8 cm³/mol. The Hall–Kier alpha value is -3.01. The first-order chi connectivity index (χ1) is 11.7. The summed E-state index contributed by atoms with van der Waals surface area (Å²) < 4.78 is 11.0. The highest BCUT2D eigenvalue weighted by Crippen LogP contribution is 2.21. The van der Waals surface area contributed by atoms with E-state index in [-0.39, 0.29) is 5.91 Å². The standard InChI is InChI=1S/C20H19NO3/c1-14-7-8-15-12-17(24-19(15)11-14)9-10-20(22)21-13-16-5-3-4-6-18(16)23-2/h3-12H,13H2,1-2H3,(H,21,22). The first-order valence-corrected chi connectivity index (χ1v) is 7.74. The third-order valence-electron chi connectivity index (χ3n) is 3.74. The van der Waals surface area contributed by atoms with Crippen molar-refractivity contribution < 1.29 is 13.9 Å². The summed E-state index contributed by atoms with van der Waals surface area (Å²) in [5.74, 6) is 1.23. The number of hydrogen-bond acceptors (Lipinski definition) is 3. The summed E-state index contributed by atoms with van der Waals surface area (Å²) in [5.41, 5.74) is 2.90. The van der Waals surface area contributed by atoms with Crippen LogP contribution in [0.25, 0.3) is 17.0 Å². The SMILES string of the molecule is COc1ccccc1CNC(=O)C=Cc1cc2ccc(C)cc2o1. The smallest absolute Gasteiger partial charge is 0.244 e. The molecule has 4 heteroatoms. The maximum absolute atomic E-state index is 12.0. The van der Waals surface area contributed by atoms with Gasteiger partial charge in [0.15, 0.2) is 0 Å². The quantitative estimate of drug-likeness (QED) is 0.720. The zero-order valence-electron chi connectivity index (χ0n) is 13.7. The normalized spacial score (nSPS) is 11.1. The van der Waals surface area contributed by atoms with Crippen molar-refractivity contribution in [2.75, 3.05) is 7.11 Å². The zero-order chi connectivity index (χ0) is 16.9. The van der Waals surface area contributed by atoms with Crippen LogP contribution in [0.5, 0.6) is 5.75 Å². The van der Waals surface area contributed by atoms with E-state index in [9.17, 15) is 4.79 Å². The van der Waals surface area contributed by atoms with Crippen molar-refractivity contribution in [3.05, 3.63) is 71.5 Å². The number of ether oxygens (including phenoxy) is 1. The van der Waals surface area contributed by atoms with Crippen LogP contribution >= 0.6 is 0 Å². The summed E-state index contributed by atoms with van der Waals surface area (Å²) in [6.07, 6.45) is 3.15. The molecule has 1 amide bonds. The van der Waals surface area contributed by atoms with Gasteiger partial charge >= 0.3 is 0 Å². The first-order valence-electron chi connectivity index (χ1n) is 7.74. The van der Waals surface area contributed by atoms with E-state index < -0.39 is 0 Å². The van der Waals surface area contributed by atoms with Gasteiger partial charge in [0.2, 0.25) is 5.91 Å². The van der Waals surface area contributed by atoms with Crippen LogP contribution in [0.4, 0.5) is 0 Å². The van der Waals surface area contributed by atoms with Gasteiger partial charge in [-0.15, -0.1) is 0 Å². The number of benzene rings is 2. The summed E-state index contributed by atoms with van der Waals surface area (Å²) in [7, 11) is 1.61. The monoisotopic (exact) mass is 321 g/mol. The Balaban J connectivity index is 1.64. The van der Waals surface area contributed by atoms with Crippen LogP contribution in [-0.2, 0) is 11.3 Å². The molecule has 0 aliphatic carbocycles. The number of hydrogen-bond donors (Lipinski definition) is 1. The number of rotatable bonds is 5. The lowest BCUT2D eigenvalue weighted by Gasteiger charge is -2.08. The molecule has 0 saturated heterocycles. The van der Waals surface area contributed by atoms with Crippen molar-refractivity contribution in [2.45, 2.75) is 13.5 Å². The first kappa shape index (κ1) is 15.9. The molecule has 0 fully saturated rings. The van der Waals surface area contributed by atoms with Gasteiger partial charge < -0.3 is 14.5 Å². The van der Waals surface area contributed by atoms with E-state index in [2.05, 4.69) is 5.32 Å². The highest BCUT2D eigenvalue weighted by atomic mass is 16.5. The fourth-order valence-electron chi connectivity index (χ4n) is 2.49. The molecule has 0 unspecified atom stereocenters. The molecule has 3 aromatic rings. The summed E-state index contributed by atoms with van der Waals surface area (Å²) in [5, 5.41) is 3.86. The molecule has 24 heavy (non-hydrogen) atoms. The molecule has 0 saturated carbocycles. The summed E-state index contributed by atoms with van der Waals surface area (Å²) in [6, 6.07) is 15.5. The van der Waals surface area contributed by atoms with E-state index in [4.69, 9.17) is 9.15 Å². The number of methoxy groups -OCH3 is 1. The fraction of sp³-hybridized carbons (Fsp3) is 0.150. The summed E-state index contributed by atoms with van der Waals surface area (Å²) in [4.78, 5) is 12.0. The number of carbonyl (C=O) groups excluding carboxylic acids is 1. The van der Waals surface area contributed by atoms with Crippen LogP contribution in [-0.4, -0.2) is 13.0 Å². The topological polar surface area (TPSA) is 51.5 Å². The largest absolute Gasteiger partial charge is 0.496 e. The second kappa shape index (κ2) is 7.04.